The number of hydrogen-bond acceptors (Lipinski definition) is 3. The zero-order valence-electron chi connectivity index (χ0n) is 11.7. The molecule has 1 amide bonds. The molecular formula is C13H24N2O3. The van der Waals surface area contributed by atoms with E-state index in [9.17, 15) is 9.59 Å². The van der Waals surface area contributed by atoms with Crippen molar-refractivity contribution < 1.29 is 14.7 Å². The second-order valence-electron chi connectivity index (χ2n) is 5.83. The molecule has 18 heavy (non-hydrogen) atoms. The van der Waals surface area contributed by atoms with Gasteiger partial charge >= 0.3 is 5.97 Å². The standard InChI is InChI=1S/C13H24N2O3/c1-9(2)5-11(8-14(3)4)15-7-10(13(17)18)6-12(15)16/h9-11H,5-8H2,1-4H3,(H,17,18). The van der Waals surface area contributed by atoms with Crippen LogP contribution < -0.4 is 0 Å². The minimum atomic E-state index is -0.862. The van der Waals surface area contributed by atoms with Crippen molar-refractivity contribution in [2.45, 2.75) is 32.7 Å². The molecule has 0 aromatic carbocycles. The summed E-state index contributed by atoms with van der Waals surface area (Å²) in [6.07, 6.45) is 1.06. The number of amides is 1. The van der Waals surface area contributed by atoms with Crippen LogP contribution in [-0.2, 0) is 9.59 Å². The monoisotopic (exact) mass is 256 g/mol. The molecule has 2 unspecified atom stereocenters. The van der Waals surface area contributed by atoms with Gasteiger partial charge in [-0.25, -0.2) is 0 Å². The maximum Gasteiger partial charge on any atom is 0.308 e. The van der Waals surface area contributed by atoms with E-state index in [1.807, 2.05) is 14.1 Å². The molecule has 0 aromatic heterocycles. The van der Waals surface area contributed by atoms with Crippen LogP contribution in [0.4, 0.5) is 0 Å². The summed E-state index contributed by atoms with van der Waals surface area (Å²) in [6, 6.07) is 0.122. The topological polar surface area (TPSA) is 60.9 Å². The van der Waals surface area contributed by atoms with Crippen LogP contribution in [-0.4, -0.2) is 60.0 Å². The summed E-state index contributed by atoms with van der Waals surface area (Å²) >= 11 is 0. The number of nitrogens with zero attached hydrogens (tertiary/aromatic N) is 2. The maximum absolute atomic E-state index is 11.9. The molecule has 0 spiro atoms. The molecule has 1 aliphatic heterocycles. The van der Waals surface area contributed by atoms with Gasteiger partial charge in [0.05, 0.1) is 5.92 Å². The minimum Gasteiger partial charge on any atom is -0.481 e. The molecule has 0 aromatic rings. The third-order valence-electron chi connectivity index (χ3n) is 3.27. The van der Waals surface area contributed by atoms with Crippen LogP contribution in [0.5, 0.6) is 0 Å². The van der Waals surface area contributed by atoms with Gasteiger partial charge in [-0.05, 0) is 26.4 Å². The van der Waals surface area contributed by atoms with E-state index in [1.54, 1.807) is 4.90 Å². The molecule has 5 heteroatoms. The third kappa shape index (κ3) is 3.98. The Morgan fingerprint density at radius 1 is 1.50 bits per heavy atom. The average molecular weight is 256 g/mol. The van der Waals surface area contributed by atoms with Gasteiger partial charge in [-0.2, -0.15) is 0 Å². The largest absolute Gasteiger partial charge is 0.481 e. The predicted molar refractivity (Wildman–Crippen MR) is 69.3 cm³/mol. The Kier molecular flexibility index (Phi) is 5.14. The van der Waals surface area contributed by atoms with Crippen LogP contribution in [0.1, 0.15) is 26.7 Å². The van der Waals surface area contributed by atoms with Gasteiger partial charge in [-0.3, -0.25) is 9.59 Å². The Balaban J connectivity index is 2.72. The zero-order valence-corrected chi connectivity index (χ0v) is 11.7. The van der Waals surface area contributed by atoms with Crippen LogP contribution in [0.15, 0.2) is 0 Å². The normalized spacial score (nSPS) is 22.0. The molecule has 5 nitrogen and oxygen atoms in total. The van der Waals surface area contributed by atoms with Crippen LogP contribution in [0.25, 0.3) is 0 Å². The summed E-state index contributed by atoms with van der Waals surface area (Å²) in [6.45, 7) is 5.39. The molecule has 0 aliphatic carbocycles. The zero-order chi connectivity index (χ0) is 13.9. The van der Waals surface area contributed by atoms with E-state index in [-0.39, 0.29) is 18.4 Å². The first-order valence-electron chi connectivity index (χ1n) is 6.48. The van der Waals surface area contributed by atoms with Crippen molar-refractivity contribution in [3.63, 3.8) is 0 Å². The van der Waals surface area contributed by atoms with Gasteiger partial charge < -0.3 is 14.9 Å². The molecule has 1 fully saturated rings. The van der Waals surface area contributed by atoms with Crippen molar-refractivity contribution in [1.29, 1.82) is 0 Å². The number of carboxylic acid groups (broad SMARTS) is 1. The van der Waals surface area contributed by atoms with Crippen molar-refractivity contribution in [2.24, 2.45) is 11.8 Å². The Hall–Kier alpha value is -1.10. The lowest BCUT2D eigenvalue weighted by Crippen LogP contribution is -2.44. The number of rotatable bonds is 6. The first kappa shape index (κ1) is 15.0. The fourth-order valence-corrected chi connectivity index (χ4v) is 2.52. The number of likely N-dealkylation sites (N-methyl/N-ethyl adjacent to an activating group) is 1. The highest BCUT2D eigenvalue weighted by Gasteiger charge is 2.38. The molecule has 1 aliphatic rings. The average Bonchev–Trinajstić information content (AvgIpc) is 2.58. The van der Waals surface area contributed by atoms with E-state index in [2.05, 4.69) is 18.7 Å². The van der Waals surface area contributed by atoms with E-state index in [1.165, 1.54) is 0 Å². The minimum absolute atomic E-state index is 0.0186. The van der Waals surface area contributed by atoms with E-state index in [4.69, 9.17) is 5.11 Å². The molecule has 0 saturated carbocycles. The molecule has 0 bridgehead atoms. The van der Waals surface area contributed by atoms with E-state index in [0.29, 0.717) is 12.5 Å². The predicted octanol–water partition coefficient (Wildman–Crippen LogP) is 0.896. The fourth-order valence-electron chi connectivity index (χ4n) is 2.52. The summed E-state index contributed by atoms with van der Waals surface area (Å²) in [5.74, 6) is -0.921. The summed E-state index contributed by atoms with van der Waals surface area (Å²) < 4.78 is 0. The smallest absolute Gasteiger partial charge is 0.308 e. The number of likely N-dealkylation sites (tertiary alicyclic amines) is 1. The highest BCUT2D eigenvalue weighted by atomic mass is 16.4. The number of carbonyl (C=O) groups excluding carboxylic acids is 1. The van der Waals surface area contributed by atoms with E-state index < -0.39 is 11.9 Å². The van der Waals surface area contributed by atoms with Crippen LogP contribution in [0, 0.1) is 11.8 Å². The summed E-state index contributed by atoms with van der Waals surface area (Å²) in [7, 11) is 3.95. The number of carboxylic acids is 1. The summed E-state index contributed by atoms with van der Waals surface area (Å²) in [4.78, 5) is 26.7. The number of aliphatic carboxylic acids is 1. The molecule has 104 valence electrons. The molecule has 1 N–H and O–H groups in total. The fraction of sp³-hybridized carbons (Fsp3) is 0.846. The van der Waals surface area contributed by atoms with Crippen molar-refractivity contribution in [3.05, 3.63) is 0 Å². The lowest BCUT2D eigenvalue weighted by atomic mass is 10.0. The van der Waals surface area contributed by atoms with E-state index >= 15 is 0 Å². The Morgan fingerprint density at radius 2 is 2.11 bits per heavy atom. The molecular weight excluding hydrogens is 232 g/mol. The molecule has 2 atom stereocenters. The third-order valence-corrected chi connectivity index (χ3v) is 3.27. The van der Waals surface area contributed by atoms with Gasteiger partial charge in [0.25, 0.3) is 0 Å². The lowest BCUT2D eigenvalue weighted by Gasteiger charge is -2.31. The SMILES string of the molecule is CC(C)CC(CN(C)C)N1CC(C(=O)O)CC1=O. The first-order valence-corrected chi connectivity index (χ1v) is 6.48. The second kappa shape index (κ2) is 6.18. The number of hydrogen-bond donors (Lipinski definition) is 1. The lowest BCUT2D eigenvalue weighted by molar-refractivity contribution is -0.141. The Morgan fingerprint density at radius 3 is 2.50 bits per heavy atom. The van der Waals surface area contributed by atoms with Crippen molar-refractivity contribution in [3.8, 4) is 0 Å². The summed E-state index contributed by atoms with van der Waals surface area (Å²) in [5.41, 5.74) is 0. The maximum atomic E-state index is 11.9. The highest BCUT2D eigenvalue weighted by molar-refractivity contribution is 5.86. The van der Waals surface area contributed by atoms with Gasteiger partial charge in [0.15, 0.2) is 0 Å². The van der Waals surface area contributed by atoms with Gasteiger partial charge in [0, 0.05) is 25.6 Å². The second-order valence-corrected chi connectivity index (χ2v) is 5.83. The Labute approximate surface area is 109 Å². The van der Waals surface area contributed by atoms with Crippen LogP contribution >= 0.6 is 0 Å². The van der Waals surface area contributed by atoms with E-state index in [0.717, 1.165) is 13.0 Å². The molecule has 1 rings (SSSR count). The van der Waals surface area contributed by atoms with Crippen molar-refractivity contribution in [1.82, 2.24) is 9.80 Å². The summed E-state index contributed by atoms with van der Waals surface area (Å²) in [5, 5.41) is 9.01. The molecule has 0 radical (unpaired) electrons. The van der Waals surface area contributed by atoms with Crippen LogP contribution in [0.3, 0.4) is 0 Å². The van der Waals surface area contributed by atoms with Gasteiger partial charge in [-0.1, -0.05) is 13.8 Å². The van der Waals surface area contributed by atoms with Gasteiger partial charge in [0.1, 0.15) is 0 Å². The van der Waals surface area contributed by atoms with Crippen molar-refractivity contribution in [2.75, 3.05) is 27.2 Å². The Bertz CT molecular complexity index is 305. The van der Waals surface area contributed by atoms with Gasteiger partial charge in [0.2, 0.25) is 5.91 Å². The quantitative estimate of drug-likeness (QED) is 0.767. The highest BCUT2D eigenvalue weighted by Crippen LogP contribution is 2.23. The molecule has 1 heterocycles. The van der Waals surface area contributed by atoms with Crippen molar-refractivity contribution >= 4 is 11.9 Å². The number of carbonyl (C=O) groups is 2. The molecule has 1 saturated heterocycles. The van der Waals surface area contributed by atoms with Crippen LogP contribution in [0.2, 0.25) is 0 Å². The first-order chi connectivity index (χ1) is 8.31. The van der Waals surface area contributed by atoms with Gasteiger partial charge in [-0.15, -0.1) is 0 Å².